The predicted octanol–water partition coefficient (Wildman–Crippen LogP) is 4.29. The standard InChI is InChI=1S/C12H8F6/c1-2-3-4-8-5-6-9(11(13,14)15)7-10(8)12(16,17)18/h1,5-7H,3-4H2. The molecule has 0 radical (unpaired) electrons. The molecule has 0 amide bonds. The van der Waals surface area contributed by atoms with E-state index >= 15 is 0 Å². The van der Waals surface area contributed by atoms with Crippen LogP contribution in [-0.4, -0.2) is 0 Å². The molecule has 1 rings (SSSR count). The Bertz CT molecular complexity index is 461. The smallest absolute Gasteiger partial charge is 0.166 e. The van der Waals surface area contributed by atoms with Crippen LogP contribution < -0.4 is 0 Å². The van der Waals surface area contributed by atoms with E-state index in [-0.39, 0.29) is 24.5 Å². The second kappa shape index (κ2) is 4.92. The topological polar surface area (TPSA) is 0 Å². The number of hydrogen-bond acceptors (Lipinski definition) is 0. The van der Waals surface area contributed by atoms with Crippen LogP contribution in [0.3, 0.4) is 0 Å². The molecule has 0 saturated heterocycles. The number of alkyl halides is 6. The van der Waals surface area contributed by atoms with Crippen LogP contribution in [0, 0.1) is 12.3 Å². The third-order valence-electron chi connectivity index (χ3n) is 2.28. The molecular formula is C12H8F6. The van der Waals surface area contributed by atoms with Crippen molar-refractivity contribution in [3.63, 3.8) is 0 Å². The molecule has 0 bridgehead atoms. The fourth-order valence-electron chi connectivity index (χ4n) is 1.44. The van der Waals surface area contributed by atoms with Crippen LogP contribution in [0.2, 0.25) is 0 Å². The molecule has 0 fully saturated rings. The van der Waals surface area contributed by atoms with Crippen molar-refractivity contribution in [1.82, 2.24) is 0 Å². The number of halogens is 6. The molecule has 0 saturated carbocycles. The molecule has 0 N–H and O–H groups in total. The summed E-state index contributed by atoms with van der Waals surface area (Å²) in [6.07, 6.45) is -4.78. The van der Waals surface area contributed by atoms with Crippen molar-refractivity contribution < 1.29 is 26.3 Å². The third kappa shape index (κ3) is 3.42. The minimum Gasteiger partial charge on any atom is -0.166 e. The molecular weight excluding hydrogens is 258 g/mol. The molecule has 0 aromatic heterocycles. The van der Waals surface area contributed by atoms with E-state index in [1.165, 1.54) is 0 Å². The first-order valence-corrected chi connectivity index (χ1v) is 4.87. The predicted molar refractivity (Wildman–Crippen MR) is 53.6 cm³/mol. The van der Waals surface area contributed by atoms with Gasteiger partial charge in [0.2, 0.25) is 0 Å². The first kappa shape index (κ1) is 14.4. The molecule has 0 aliphatic rings. The number of aryl methyl sites for hydroxylation is 1. The lowest BCUT2D eigenvalue weighted by Gasteiger charge is -2.15. The fraction of sp³-hybridized carbons (Fsp3) is 0.333. The first-order chi connectivity index (χ1) is 8.16. The van der Waals surface area contributed by atoms with E-state index in [2.05, 4.69) is 5.92 Å². The van der Waals surface area contributed by atoms with Gasteiger partial charge < -0.3 is 0 Å². The monoisotopic (exact) mass is 266 g/mol. The minimum atomic E-state index is -4.83. The van der Waals surface area contributed by atoms with E-state index in [0.717, 1.165) is 6.07 Å². The Morgan fingerprint density at radius 2 is 1.61 bits per heavy atom. The van der Waals surface area contributed by atoms with Gasteiger partial charge in [-0.2, -0.15) is 26.3 Å². The molecule has 0 heterocycles. The maximum absolute atomic E-state index is 12.6. The Morgan fingerprint density at radius 1 is 1.00 bits per heavy atom. The van der Waals surface area contributed by atoms with Crippen molar-refractivity contribution in [2.24, 2.45) is 0 Å². The summed E-state index contributed by atoms with van der Waals surface area (Å²) in [5, 5.41) is 0. The molecule has 1 aromatic carbocycles. The van der Waals surface area contributed by atoms with Gasteiger partial charge in [-0.25, -0.2) is 0 Å². The van der Waals surface area contributed by atoms with Crippen molar-refractivity contribution in [3.8, 4) is 12.3 Å². The number of rotatable bonds is 2. The van der Waals surface area contributed by atoms with Crippen molar-refractivity contribution >= 4 is 0 Å². The zero-order chi connectivity index (χ0) is 14.0. The summed E-state index contributed by atoms with van der Waals surface area (Å²) in [5.41, 5.74) is -2.83. The number of benzene rings is 1. The van der Waals surface area contributed by atoms with Gasteiger partial charge in [-0.3, -0.25) is 0 Å². The van der Waals surface area contributed by atoms with Crippen molar-refractivity contribution in [3.05, 3.63) is 34.9 Å². The molecule has 0 unspecified atom stereocenters. The highest BCUT2D eigenvalue weighted by Gasteiger charge is 2.37. The van der Waals surface area contributed by atoms with Crippen molar-refractivity contribution in [1.29, 1.82) is 0 Å². The van der Waals surface area contributed by atoms with E-state index in [1.54, 1.807) is 0 Å². The van der Waals surface area contributed by atoms with E-state index < -0.39 is 23.5 Å². The summed E-state index contributed by atoms with van der Waals surface area (Å²) in [7, 11) is 0. The van der Waals surface area contributed by atoms with E-state index in [0.29, 0.717) is 6.07 Å². The van der Waals surface area contributed by atoms with E-state index in [9.17, 15) is 26.3 Å². The maximum atomic E-state index is 12.6. The molecule has 1 aromatic rings. The van der Waals surface area contributed by atoms with E-state index in [4.69, 9.17) is 6.42 Å². The lowest BCUT2D eigenvalue weighted by molar-refractivity contribution is -0.143. The molecule has 98 valence electrons. The summed E-state index contributed by atoms with van der Waals surface area (Å²) in [6, 6.07) is 1.57. The average Bonchev–Trinajstić information content (AvgIpc) is 2.23. The summed E-state index contributed by atoms with van der Waals surface area (Å²) in [5.74, 6) is 2.15. The second-order valence-corrected chi connectivity index (χ2v) is 3.57. The van der Waals surface area contributed by atoms with Crippen LogP contribution in [0.5, 0.6) is 0 Å². The van der Waals surface area contributed by atoms with Crippen LogP contribution in [-0.2, 0) is 18.8 Å². The molecule has 0 spiro atoms. The summed E-state index contributed by atoms with van der Waals surface area (Å²) in [4.78, 5) is 0. The quantitative estimate of drug-likeness (QED) is 0.553. The second-order valence-electron chi connectivity index (χ2n) is 3.57. The lowest BCUT2D eigenvalue weighted by Crippen LogP contribution is -2.13. The van der Waals surface area contributed by atoms with Gasteiger partial charge >= 0.3 is 12.4 Å². The number of hydrogen-bond donors (Lipinski definition) is 0. The van der Waals surface area contributed by atoms with Gasteiger partial charge in [0.05, 0.1) is 11.1 Å². The Morgan fingerprint density at radius 3 is 2.06 bits per heavy atom. The highest BCUT2D eigenvalue weighted by atomic mass is 19.4. The van der Waals surface area contributed by atoms with Crippen LogP contribution in [0.4, 0.5) is 26.3 Å². The summed E-state index contributed by atoms with van der Waals surface area (Å²) in [6.45, 7) is 0. The normalized spacial score (nSPS) is 12.3. The van der Waals surface area contributed by atoms with Gasteiger partial charge in [0.15, 0.2) is 0 Å². The zero-order valence-electron chi connectivity index (χ0n) is 8.99. The Labute approximate surface area is 99.6 Å². The molecule has 0 aliphatic heterocycles. The van der Waals surface area contributed by atoms with Crippen LogP contribution in [0.15, 0.2) is 18.2 Å². The fourth-order valence-corrected chi connectivity index (χ4v) is 1.44. The van der Waals surface area contributed by atoms with Crippen molar-refractivity contribution in [2.45, 2.75) is 25.2 Å². The van der Waals surface area contributed by atoms with Gasteiger partial charge in [0.1, 0.15) is 0 Å². The largest absolute Gasteiger partial charge is 0.416 e. The lowest BCUT2D eigenvalue weighted by atomic mass is 9.99. The SMILES string of the molecule is C#CCCc1ccc(C(F)(F)F)cc1C(F)(F)F. The minimum absolute atomic E-state index is 0.0362. The van der Waals surface area contributed by atoms with Gasteiger partial charge in [-0.05, 0) is 24.1 Å². The Kier molecular flexibility index (Phi) is 3.95. The Balaban J connectivity index is 3.27. The average molecular weight is 266 g/mol. The van der Waals surface area contributed by atoms with Crippen LogP contribution in [0.25, 0.3) is 0 Å². The Hall–Kier alpha value is -1.64. The van der Waals surface area contributed by atoms with Crippen molar-refractivity contribution in [2.75, 3.05) is 0 Å². The van der Waals surface area contributed by atoms with Gasteiger partial charge in [0, 0.05) is 6.42 Å². The van der Waals surface area contributed by atoms with Crippen LogP contribution >= 0.6 is 0 Å². The highest BCUT2D eigenvalue weighted by Crippen LogP contribution is 2.37. The number of terminal acetylenes is 1. The third-order valence-corrected chi connectivity index (χ3v) is 2.28. The molecule has 0 atom stereocenters. The summed E-state index contributed by atoms with van der Waals surface area (Å²) >= 11 is 0. The maximum Gasteiger partial charge on any atom is 0.416 e. The van der Waals surface area contributed by atoms with Gasteiger partial charge in [0.25, 0.3) is 0 Å². The summed E-state index contributed by atoms with van der Waals surface area (Å²) < 4.78 is 74.9. The molecule has 0 aliphatic carbocycles. The van der Waals surface area contributed by atoms with Gasteiger partial charge in [-0.15, -0.1) is 12.3 Å². The first-order valence-electron chi connectivity index (χ1n) is 4.87. The molecule has 6 heteroatoms. The zero-order valence-corrected chi connectivity index (χ0v) is 8.99. The van der Waals surface area contributed by atoms with Gasteiger partial charge in [-0.1, -0.05) is 6.07 Å². The molecule has 0 nitrogen and oxygen atoms in total. The molecule has 18 heavy (non-hydrogen) atoms. The van der Waals surface area contributed by atoms with Crippen LogP contribution in [0.1, 0.15) is 23.1 Å². The highest BCUT2D eigenvalue weighted by molar-refractivity contribution is 5.36. The van der Waals surface area contributed by atoms with E-state index in [1.807, 2.05) is 0 Å².